The van der Waals surface area contributed by atoms with Gasteiger partial charge in [0.15, 0.2) is 0 Å². The molecule has 1 aliphatic heterocycles. The lowest BCUT2D eigenvalue weighted by Gasteiger charge is -2.31. The van der Waals surface area contributed by atoms with E-state index >= 15 is 0 Å². The Hall–Kier alpha value is -1.47. The van der Waals surface area contributed by atoms with E-state index in [1.54, 1.807) is 0 Å². The zero-order valence-electron chi connectivity index (χ0n) is 9.57. The van der Waals surface area contributed by atoms with Crippen molar-refractivity contribution in [3.05, 3.63) is 59.1 Å². The summed E-state index contributed by atoms with van der Waals surface area (Å²) in [5, 5.41) is 0.892. The van der Waals surface area contributed by atoms with Crippen LogP contribution in [0.25, 0.3) is 0 Å². The van der Waals surface area contributed by atoms with Gasteiger partial charge in [-0.3, -0.25) is 0 Å². The highest BCUT2D eigenvalue weighted by molar-refractivity contribution is 6.31. The number of para-hydroxylation sites is 1. The lowest BCUT2D eigenvalue weighted by molar-refractivity contribution is 0.767. The molecule has 2 aromatic rings. The fourth-order valence-corrected chi connectivity index (χ4v) is 2.72. The van der Waals surface area contributed by atoms with Gasteiger partial charge in [-0.2, -0.15) is 0 Å². The quantitative estimate of drug-likeness (QED) is 0.717. The Morgan fingerprint density at radius 3 is 2.59 bits per heavy atom. The van der Waals surface area contributed by atoms with Gasteiger partial charge in [0.2, 0.25) is 0 Å². The SMILES string of the molecule is Clc1cccc2c1CCCN2c1ccccc1. The monoisotopic (exact) mass is 243 g/mol. The predicted octanol–water partition coefficient (Wildman–Crippen LogP) is 4.42. The van der Waals surface area contributed by atoms with Crippen LogP contribution in [0.1, 0.15) is 12.0 Å². The van der Waals surface area contributed by atoms with Crippen molar-refractivity contribution in [2.45, 2.75) is 12.8 Å². The van der Waals surface area contributed by atoms with Crippen LogP contribution < -0.4 is 4.90 Å². The topological polar surface area (TPSA) is 3.24 Å². The molecule has 0 amide bonds. The molecule has 0 aliphatic carbocycles. The number of anilines is 2. The van der Waals surface area contributed by atoms with Gasteiger partial charge in [0.25, 0.3) is 0 Å². The van der Waals surface area contributed by atoms with Gasteiger partial charge in [-0.15, -0.1) is 0 Å². The summed E-state index contributed by atoms with van der Waals surface area (Å²) in [6.45, 7) is 1.07. The standard InChI is InChI=1S/C15H14ClN/c16-14-9-4-10-15-13(14)8-5-11-17(15)12-6-2-1-3-7-12/h1-4,6-7,9-10H,5,8,11H2. The summed E-state index contributed by atoms with van der Waals surface area (Å²) in [5.41, 5.74) is 3.79. The molecular formula is C15H14ClN. The lowest BCUT2D eigenvalue weighted by atomic mass is 10.0. The van der Waals surface area contributed by atoms with Crippen LogP contribution >= 0.6 is 11.6 Å². The van der Waals surface area contributed by atoms with Crippen molar-refractivity contribution in [3.8, 4) is 0 Å². The molecule has 0 radical (unpaired) electrons. The number of fused-ring (bicyclic) bond motifs is 1. The summed E-state index contributed by atoms with van der Waals surface area (Å²) < 4.78 is 0. The average molecular weight is 244 g/mol. The fraction of sp³-hybridized carbons (Fsp3) is 0.200. The predicted molar refractivity (Wildman–Crippen MR) is 73.2 cm³/mol. The maximum absolute atomic E-state index is 6.27. The van der Waals surface area contributed by atoms with Gasteiger partial charge in [0.1, 0.15) is 0 Å². The fourth-order valence-electron chi connectivity index (χ4n) is 2.46. The largest absolute Gasteiger partial charge is 0.341 e. The second kappa shape index (κ2) is 4.42. The van der Waals surface area contributed by atoms with Crippen LogP contribution in [-0.4, -0.2) is 6.54 Å². The van der Waals surface area contributed by atoms with E-state index in [4.69, 9.17) is 11.6 Å². The van der Waals surface area contributed by atoms with Gasteiger partial charge >= 0.3 is 0 Å². The van der Waals surface area contributed by atoms with Crippen LogP contribution in [0.4, 0.5) is 11.4 Å². The Morgan fingerprint density at radius 1 is 0.941 bits per heavy atom. The van der Waals surface area contributed by atoms with Crippen LogP contribution in [0.3, 0.4) is 0 Å². The van der Waals surface area contributed by atoms with Crippen molar-refractivity contribution in [2.75, 3.05) is 11.4 Å². The summed E-state index contributed by atoms with van der Waals surface area (Å²) in [6.07, 6.45) is 2.24. The van der Waals surface area contributed by atoms with E-state index in [0.29, 0.717) is 0 Å². The van der Waals surface area contributed by atoms with E-state index in [-0.39, 0.29) is 0 Å². The summed E-state index contributed by atoms with van der Waals surface area (Å²) in [7, 11) is 0. The van der Waals surface area contributed by atoms with E-state index in [2.05, 4.69) is 35.2 Å². The first-order valence-electron chi connectivity index (χ1n) is 5.96. The van der Waals surface area contributed by atoms with E-state index in [0.717, 1.165) is 24.4 Å². The van der Waals surface area contributed by atoms with Crippen molar-refractivity contribution in [3.63, 3.8) is 0 Å². The van der Waals surface area contributed by atoms with Crippen LogP contribution in [0.15, 0.2) is 48.5 Å². The Balaban J connectivity index is 2.09. The Morgan fingerprint density at radius 2 is 1.76 bits per heavy atom. The second-order valence-corrected chi connectivity index (χ2v) is 4.74. The van der Waals surface area contributed by atoms with E-state index in [9.17, 15) is 0 Å². The molecular weight excluding hydrogens is 230 g/mol. The molecule has 1 heterocycles. The van der Waals surface area contributed by atoms with Crippen molar-refractivity contribution >= 4 is 23.0 Å². The highest BCUT2D eigenvalue weighted by atomic mass is 35.5. The van der Waals surface area contributed by atoms with Gasteiger partial charge < -0.3 is 4.90 Å². The minimum absolute atomic E-state index is 0.892. The molecule has 0 aromatic heterocycles. The van der Waals surface area contributed by atoms with Crippen LogP contribution in [0.5, 0.6) is 0 Å². The van der Waals surface area contributed by atoms with E-state index < -0.39 is 0 Å². The highest BCUT2D eigenvalue weighted by Gasteiger charge is 2.19. The molecule has 3 rings (SSSR count). The van der Waals surface area contributed by atoms with Crippen LogP contribution in [0.2, 0.25) is 5.02 Å². The highest BCUT2D eigenvalue weighted by Crippen LogP contribution is 2.36. The second-order valence-electron chi connectivity index (χ2n) is 4.33. The number of halogens is 1. The van der Waals surface area contributed by atoms with E-state index in [1.807, 2.05) is 18.2 Å². The molecule has 0 bridgehead atoms. The number of benzene rings is 2. The minimum Gasteiger partial charge on any atom is -0.341 e. The maximum Gasteiger partial charge on any atom is 0.0458 e. The molecule has 0 fully saturated rings. The third-order valence-electron chi connectivity index (χ3n) is 3.26. The zero-order chi connectivity index (χ0) is 11.7. The first-order chi connectivity index (χ1) is 8.36. The number of hydrogen-bond donors (Lipinski definition) is 0. The molecule has 86 valence electrons. The molecule has 0 unspecified atom stereocenters. The molecule has 0 atom stereocenters. The summed E-state index contributed by atoms with van der Waals surface area (Å²) >= 11 is 6.27. The Labute approximate surface area is 107 Å². The number of nitrogens with zero attached hydrogens (tertiary/aromatic N) is 1. The van der Waals surface area contributed by atoms with E-state index in [1.165, 1.54) is 16.9 Å². The molecule has 1 aliphatic rings. The maximum atomic E-state index is 6.27. The van der Waals surface area contributed by atoms with Crippen molar-refractivity contribution in [2.24, 2.45) is 0 Å². The minimum atomic E-state index is 0.892. The van der Waals surface area contributed by atoms with Gasteiger partial charge in [-0.25, -0.2) is 0 Å². The lowest BCUT2D eigenvalue weighted by Crippen LogP contribution is -2.24. The molecule has 0 saturated heterocycles. The third-order valence-corrected chi connectivity index (χ3v) is 3.62. The number of hydrogen-bond acceptors (Lipinski definition) is 1. The Kier molecular flexibility index (Phi) is 2.77. The van der Waals surface area contributed by atoms with Crippen molar-refractivity contribution in [1.82, 2.24) is 0 Å². The molecule has 2 aromatic carbocycles. The summed E-state index contributed by atoms with van der Waals surface area (Å²) in [4.78, 5) is 2.35. The van der Waals surface area contributed by atoms with Gasteiger partial charge in [-0.1, -0.05) is 35.9 Å². The molecule has 17 heavy (non-hydrogen) atoms. The smallest absolute Gasteiger partial charge is 0.0458 e. The summed E-state index contributed by atoms with van der Waals surface area (Å²) in [6, 6.07) is 16.7. The molecule has 0 N–H and O–H groups in total. The molecule has 2 heteroatoms. The summed E-state index contributed by atoms with van der Waals surface area (Å²) in [5.74, 6) is 0. The van der Waals surface area contributed by atoms with Gasteiger partial charge in [0, 0.05) is 22.9 Å². The molecule has 0 saturated carbocycles. The molecule has 1 nitrogen and oxygen atoms in total. The Bertz CT molecular complexity index is 522. The first kappa shape index (κ1) is 10.7. The van der Waals surface area contributed by atoms with Crippen molar-refractivity contribution < 1.29 is 0 Å². The first-order valence-corrected chi connectivity index (χ1v) is 6.34. The normalized spacial score (nSPS) is 14.5. The zero-order valence-corrected chi connectivity index (χ0v) is 10.3. The molecule has 0 spiro atoms. The van der Waals surface area contributed by atoms with Crippen LogP contribution in [0, 0.1) is 0 Å². The van der Waals surface area contributed by atoms with Crippen LogP contribution in [-0.2, 0) is 6.42 Å². The average Bonchev–Trinajstić information content (AvgIpc) is 2.40. The van der Waals surface area contributed by atoms with Gasteiger partial charge in [-0.05, 0) is 42.7 Å². The number of rotatable bonds is 1. The third kappa shape index (κ3) is 1.91. The van der Waals surface area contributed by atoms with Crippen molar-refractivity contribution in [1.29, 1.82) is 0 Å². The van der Waals surface area contributed by atoms with Gasteiger partial charge in [0.05, 0.1) is 0 Å².